The summed E-state index contributed by atoms with van der Waals surface area (Å²) in [6.45, 7) is 22.1. The van der Waals surface area contributed by atoms with Crippen LogP contribution in [0.2, 0.25) is 0 Å². The summed E-state index contributed by atoms with van der Waals surface area (Å²) >= 11 is 0. The lowest BCUT2D eigenvalue weighted by molar-refractivity contribution is 0.0266. The number of hydrogen-bond acceptors (Lipinski definition) is 4. The predicted molar refractivity (Wildman–Crippen MR) is 112 cm³/mol. The highest BCUT2D eigenvalue weighted by molar-refractivity contribution is 5.67. The first-order valence-corrected chi connectivity index (χ1v) is 9.09. The molecule has 0 saturated carbocycles. The van der Waals surface area contributed by atoms with Crippen LogP contribution in [0.1, 0.15) is 27.2 Å². The minimum absolute atomic E-state index is 0.0429. The minimum Gasteiger partial charge on any atom is -0.493 e. The number of amides is 1. The number of carbonyl (C=O) groups excluding carboxylic acids is 1. The average Bonchev–Trinajstić information content (AvgIpc) is 2.63. The zero-order chi connectivity index (χ0) is 21.5. The Morgan fingerprint density at radius 2 is 2.00 bits per heavy atom. The molecule has 150 valence electrons. The number of carbonyl (C=O) groups is 1. The summed E-state index contributed by atoms with van der Waals surface area (Å²) < 4.78 is 11.3. The summed E-state index contributed by atoms with van der Waals surface area (Å²) in [5.74, 6) is 0.655. The van der Waals surface area contributed by atoms with Gasteiger partial charge < -0.3 is 14.4 Å². The van der Waals surface area contributed by atoms with Crippen molar-refractivity contribution < 1.29 is 14.3 Å². The second kappa shape index (κ2) is 9.80. The van der Waals surface area contributed by atoms with Gasteiger partial charge >= 0.3 is 6.09 Å². The molecule has 0 spiro atoms. The fraction of sp³-hybridized carbons (Fsp3) is 0.391. The molecular formula is C23H30N2O3. The maximum Gasteiger partial charge on any atom is 0.410 e. The fourth-order valence-electron chi connectivity index (χ4n) is 2.67. The van der Waals surface area contributed by atoms with Gasteiger partial charge in [0.25, 0.3) is 0 Å². The van der Waals surface area contributed by atoms with Gasteiger partial charge in [0.05, 0.1) is 12.7 Å². The summed E-state index contributed by atoms with van der Waals surface area (Å²) in [7, 11) is 1.72. The molecule has 0 N–H and O–H groups in total. The molecule has 1 rings (SSSR count). The molecule has 1 unspecified atom stereocenters. The SMILES string of the molecule is C=CC1=C(C(=C)C(=C)/C=C\C(=C)C#N)OCCC1CN(C)C(=O)OC(C)(C)C. The van der Waals surface area contributed by atoms with Gasteiger partial charge in [-0.1, -0.05) is 38.5 Å². The van der Waals surface area contributed by atoms with Crippen molar-refractivity contribution in [1.29, 1.82) is 5.26 Å². The van der Waals surface area contributed by atoms with E-state index >= 15 is 0 Å². The smallest absolute Gasteiger partial charge is 0.410 e. The molecule has 1 heterocycles. The largest absolute Gasteiger partial charge is 0.493 e. The molecule has 0 saturated heterocycles. The maximum atomic E-state index is 12.3. The van der Waals surface area contributed by atoms with Crippen molar-refractivity contribution in [2.24, 2.45) is 5.92 Å². The zero-order valence-corrected chi connectivity index (χ0v) is 17.4. The number of ether oxygens (including phenoxy) is 2. The van der Waals surface area contributed by atoms with Gasteiger partial charge in [0.2, 0.25) is 0 Å². The van der Waals surface area contributed by atoms with Crippen LogP contribution in [0.25, 0.3) is 0 Å². The molecule has 0 aromatic heterocycles. The molecule has 0 aliphatic carbocycles. The van der Waals surface area contributed by atoms with Crippen molar-refractivity contribution in [1.82, 2.24) is 4.90 Å². The van der Waals surface area contributed by atoms with E-state index in [0.717, 1.165) is 12.0 Å². The zero-order valence-electron chi connectivity index (χ0n) is 17.4. The number of rotatable bonds is 7. The van der Waals surface area contributed by atoms with Crippen molar-refractivity contribution in [3.8, 4) is 6.07 Å². The van der Waals surface area contributed by atoms with Crippen molar-refractivity contribution in [3.63, 3.8) is 0 Å². The lowest BCUT2D eigenvalue weighted by Gasteiger charge is -2.32. The van der Waals surface area contributed by atoms with Gasteiger partial charge in [0.15, 0.2) is 0 Å². The third-order valence-corrected chi connectivity index (χ3v) is 4.13. The summed E-state index contributed by atoms with van der Waals surface area (Å²) in [5.41, 5.74) is 1.89. The molecule has 0 fully saturated rings. The summed E-state index contributed by atoms with van der Waals surface area (Å²) in [6, 6.07) is 1.95. The van der Waals surface area contributed by atoms with Crippen LogP contribution < -0.4 is 0 Å². The first-order chi connectivity index (χ1) is 13.0. The van der Waals surface area contributed by atoms with Crippen LogP contribution in [0.15, 0.2) is 72.6 Å². The van der Waals surface area contributed by atoms with E-state index in [1.54, 1.807) is 30.2 Å². The Bertz CT molecular complexity index is 773. The molecule has 1 aliphatic rings. The highest BCUT2D eigenvalue weighted by atomic mass is 16.6. The van der Waals surface area contributed by atoms with Crippen molar-refractivity contribution in [2.75, 3.05) is 20.2 Å². The van der Waals surface area contributed by atoms with Crippen LogP contribution in [-0.2, 0) is 9.47 Å². The fourth-order valence-corrected chi connectivity index (χ4v) is 2.67. The second-order valence-electron chi connectivity index (χ2n) is 7.66. The first-order valence-electron chi connectivity index (χ1n) is 9.09. The second-order valence-corrected chi connectivity index (χ2v) is 7.66. The van der Waals surface area contributed by atoms with Crippen LogP contribution >= 0.6 is 0 Å². The molecule has 0 radical (unpaired) electrons. The first kappa shape index (κ1) is 23.0. The van der Waals surface area contributed by atoms with Crippen LogP contribution in [0.4, 0.5) is 4.79 Å². The number of allylic oxidation sites excluding steroid dienone is 5. The van der Waals surface area contributed by atoms with Gasteiger partial charge in [-0.2, -0.15) is 5.26 Å². The molecule has 28 heavy (non-hydrogen) atoms. The molecule has 5 nitrogen and oxygen atoms in total. The lowest BCUT2D eigenvalue weighted by atomic mass is 9.89. The Morgan fingerprint density at radius 1 is 1.36 bits per heavy atom. The Morgan fingerprint density at radius 3 is 2.54 bits per heavy atom. The van der Waals surface area contributed by atoms with Crippen LogP contribution in [0.3, 0.4) is 0 Å². The minimum atomic E-state index is -0.547. The third-order valence-electron chi connectivity index (χ3n) is 4.13. The third kappa shape index (κ3) is 6.62. The summed E-state index contributed by atoms with van der Waals surface area (Å²) in [5, 5.41) is 8.81. The number of nitrogens with zero attached hydrogens (tertiary/aromatic N) is 2. The lowest BCUT2D eigenvalue weighted by Crippen LogP contribution is -2.38. The molecule has 0 bridgehead atoms. The highest BCUT2D eigenvalue weighted by Crippen LogP contribution is 2.33. The summed E-state index contributed by atoms with van der Waals surface area (Å²) in [4.78, 5) is 13.8. The van der Waals surface area contributed by atoms with Gasteiger partial charge in [-0.3, -0.25) is 0 Å². The average molecular weight is 383 g/mol. The van der Waals surface area contributed by atoms with Gasteiger partial charge in [-0.25, -0.2) is 4.79 Å². The Hall–Kier alpha value is -3.00. The molecule has 1 aliphatic heterocycles. The predicted octanol–water partition coefficient (Wildman–Crippen LogP) is 5.08. The van der Waals surface area contributed by atoms with E-state index in [1.807, 2.05) is 26.8 Å². The van der Waals surface area contributed by atoms with E-state index in [-0.39, 0.29) is 12.0 Å². The van der Waals surface area contributed by atoms with E-state index in [4.69, 9.17) is 14.7 Å². The standard InChI is InChI=1S/C23H30N2O3/c1-9-20-19(15-25(8)22(26)28-23(5,6)7)12-13-27-21(20)18(4)17(3)11-10-16(2)14-24/h9-11,19H,1-4,12-13,15H2,5-8H3/b11-10-. The molecule has 0 aromatic rings. The Balaban J connectivity index is 3.00. The number of hydrogen-bond donors (Lipinski definition) is 0. The van der Waals surface area contributed by atoms with Crippen LogP contribution in [0, 0.1) is 17.2 Å². The van der Waals surface area contributed by atoms with Gasteiger partial charge in [-0.15, -0.1) is 0 Å². The molecule has 1 amide bonds. The Kier molecular flexibility index (Phi) is 8.06. The molecule has 5 heteroatoms. The van der Waals surface area contributed by atoms with E-state index in [0.29, 0.717) is 35.6 Å². The van der Waals surface area contributed by atoms with Crippen molar-refractivity contribution in [3.05, 3.63) is 72.6 Å². The van der Waals surface area contributed by atoms with Crippen LogP contribution in [0.5, 0.6) is 0 Å². The quantitative estimate of drug-likeness (QED) is 0.455. The van der Waals surface area contributed by atoms with E-state index in [9.17, 15) is 4.79 Å². The van der Waals surface area contributed by atoms with Crippen molar-refractivity contribution in [2.45, 2.75) is 32.8 Å². The monoisotopic (exact) mass is 382 g/mol. The number of nitriles is 1. The topological polar surface area (TPSA) is 62.6 Å². The van der Waals surface area contributed by atoms with E-state index in [1.165, 1.54) is 0 Å². The van der Waals surface area contributed by atoms with Gasteiger partial charge in [-0.05, 0) is 44.4 Å². The Labute approximate surface area is 168 Å². The maximum absolute atomic E-state index is 12.3. The molecule has 1 atom stereocenters. The van der Waals surface area contributed by atoms with Gasteiger partial charge in [0.1, 0.15) is 11.4 Å². The highest BCUT2D eigenvalue weighted by Gasteiger charge is 2.28. The van der Waals surface area contributed by atoms with E-state index in [2.05, 4.69) is 26.3 Å². The molecule has 0 aromatic carbocycles. The van der Waals surface area contributed by atoms with Gasteiger partial charge in [0, 0.05) is 30.7 Å². The normalized spacial score (nSPS) is 16.8. The van der Waals surface area contributed by atoms with Crippen molar-refractivity contribution >= 4 is 6.09 Å². The van der Waals surface area contributed by atoms with E-state index < -0.39 is 5.60 Å². The molecular weight excluding hydrogens is 352 g/mol. The van der Waals surface area contributed by atoms with Crippen LogP contribution in [-0.4, -0.2) is 36.8 Å². The summed E-state index contributed by atoms with van der Waals surface area (Å²) in [6.07, 6.45) is 5.38.